The lowest BCUT2D eigenvalue weighted by molar-refractivity contribution is 0.354. The minimum absolute atomic E-state index is 0.738. The lowest BCUT2D eigenvalue weighted by atomic mass is 10.3. The van der Waals surface area contributed by atoms with E-state index in [9.17, 15) is 0 Å². The number of hydrogen-bond donors (Lipinski definition) is 0. The van der Waals surface area contributed by atoms with Gasteiger partial charge in [-0.3, -0.25) is 0 Å². The van der Waals surface area contributed by atoms with Crippen LogP contribution in [0.4, 0.5) is 0 Å². The largest absolute Gasteiger partial charge is 0.493 e. The molecule has 0 aliphatic rings. The third-order valence-corrected chi connectivity index (χ3v) is 1.84. The molecule has 0 unspecified atom stereocenters. The molecular weight excluding hydrogens is 232 g/mol. The van der Waals surface area contributed by atoms with Crippen molar-refractivity contribution in [3.63, 3.8) is 0 Å². The highest BCUT2D eigenvalue weighted by atomic mass is 79.9. The van der Waals surface area contributed by atoms with Gasteiger partial charge in [0.05, 0.1) is 14.2 Å². The number of benzene rings is 1. The van der Waals surface area contributed by atoms with Gasteiger partial charge < -0.3 is 9.47 Å². The summed E-state index contributed by atoms with van der Waals surface area (Å²) in [6.07, 6.45) is 0. The minimum atomic E-state index is 0.738. The van der Waals surface area contributed by atoms with E-state index in [2.05, 4.69) is 15.9 Å². The quantitative estimate of drug-likeness (QED) is 0.796. The molecule has 0 saturated heterocycles. The molecule has 13 heavy (non-hydrogen) atoms. The van der Waals surface area contributed by atoms with E-state index in [0.717, 1.165) is 16.0 Å². The van der Waals surface area contributed by atoms with Crippen LogP contribution in [-0.4, -0.2) is 14.2 Å². The zero-order valence-corrected chi connectivity index (χ0v) is 10.0. The predicted molar refractivity (Wildman–Crippen MR) is 58.6 cm³/mol. The van der Waals surface area contributed by atoms with Crippen LogP contribution in [0.15, 0.2) is 22.7 Å². The Morgan fingerprint density at radius 1 is 1.00 bits per heavy atom. The van der Waals surface area contributed by atoms with Crippen LogP contribution < -0.4 is 9.47 Å². The monoisotopic (exact) mass is 246 g/mol. The van der Waals surface area contributed by atoms with Gasteiger partial charge in [-0.1, -0.05) is 29.8 Å². The Bertz CT molecular complexity index is 249. The van der Waals surface area contributed by atoms with Gasteiger partial charge >= 0.3 is 0 Å². The molecule has 74 valence electrons. The van der Waals surface area contributed by atoms with Gasteiger partial charge in [0.15, 0.2) is 11.5 Å². The van der Waals surface area contributed by atoms with Crippen molar-refractivity contribution in [2.75, 3.05) is 14.2 Å². The fourth-order valence-corrected chi connectivity index (χ4v) is 1.15. The zero-order chi connectivity index (χ0) is 10.3. The molecule has 0 saturated carbocycles. The smallest absolute Gasteiger partial charge is 0.161 e. The molecule has 2 nitrogen and oxygen atoms in total. The van der Waals surface area contributed by atoms with Crippen LogP contribution in [0.1, 0.15) is 13.8 Å². The molecule has 1 aromatic carbocycles. The van der Waals surface area contributed by atoms with Gasteiger partial charge in [-0.25, -0.2) is 0 Å². The maximum absolute atomic E-state index is 5.06. The summed E-state index contributed by atoms with van der Waals surface area (Å²) in [6.45, 7) is 4.00. The Morgan fingerprint density at radius 2 is 1.54 bits per heavy atom. The second-order valence-electron chi connectivity index (χ2n) is 2.00. The van der Waals surface area contributed by atoms with Crippen molar-refractivity contribution >= 4 is 15.9 Å². The maximum Gasteiger partial charge on any atom is 0.161 e. The summed E-state index contributed by atoms with van der Waals surface area (Å²) in [5.74, 6) is 1.48. The van der Waals surface area contributed by atoms with Crippen molar-refractivity contribution < 1.29 is 9.47 Å². The Labute approximate surface area is 88.0 Å². The molecule has 1 aromatic rings. The first-order valence-electron chi connectivity index (χ1n) is 4.15. The lowest BCUT2D eigenvalue weighted by Crippen LogP contribution is -1.89. The predicted octanol–water partition coefficient (Wildman–Crippen LogP) is 3.49. The normalized spacial score (nSPS) is 8.38. The maximum atomic E-state index is 5.06. The van der Waals surface area contributed by atoms with Crippen LogP contribution in [0, 0.1) is 0 Å². The highest BCUT2D eigenvalue weighted by molar-refractivity contribution is 9.10. The summed E-state index contributed by atoms with van der Waals surface area (Å²) >= 11 is 3.33. The Kier molecular flexibility index (Phi) is 6.41. The molecule has 0 aromatic heterocycles. The van der Waals surface area contributed by atoms with E-state index in [1.165, 1.54) is 0 Å². The second kappa shape index (κ2) is 6.78. The molecule has 0 heterocycles. The summed E-state index contributed by atoms with van der Waals surface area (Å²) in [5.41, 5.74) is 0. The van der Waals surface area contributed by atoms with Crippen molar-refractivity contribution in [2.45, 2.75) is 13.8 Å². The molecule has 0 amide bonds. The summed E-state index contributed by atoms with van der Waals surface area (Å²) in [4.78, 5) is 0. The summed E-state index contributed by atoms with van der Waals surface area (Å²) in [5, 5.41) is 0. The molecule has 0 atom stereocenters. The van der Waals surface area contributed by atoms with Crippen LogP contribution in [0.2, 0.25) is 0 Å². The molecule has 0 aliphatic carbocycles. The Morgan fingerprint density at radius 3 is 2.00 bits per heavy atom. The van der Waals surface area contributed by atoms with Crippen LogP contribution in [0.3, 0.4) is 0 Å². The lowest BCUT2D eigenvalue weighted by Gasteiger charge is -2.06. The molecule has 0 radical (unpaired) electrons. The number of ether oxygens (including phenoxy) is 2. The first-order chi connectivity index (χ1) is 6.27. The van der Waals surface area contributed by atoms with Gasteiger partial charge in [-0.15, -0.1) is 0 Å². The fraction of sp³-hybridized carbons (Fsp3) is 0.400. The number of methoxy groups -OCH3 is 2. The van der Waals surface area contributed by atoms with Crippen LogP contribution in [0.25, 0.3) is 0 Å². The average Bonchev–Trinajstić information content (AvgIpc) is 2.20. The highest BCUT2D eigenvalue weighted by Crippen LogP contribution is 2.29. The van der Waals surface area contributed by atoms with Gasteiger partial charge in [0, 0.05) is 4.47 Å². The van der Waals surface area contributed by atoms with Crippen LogP contribution >= 0.6 is 15.9 Å². The molecule has 0 N–H and O–H groups in total. The minimum Gasteiger partial charge on any atom is -0.493 e. The van der Waals surface area contributed by atoms with Gasteiger partial charge in [-0.2, -0.15) is 0 Å². The molecule has 0 bridgehead atoms. The second-order valence-corrected chi connectivity index (χ2v) is 2.91. The number of rotatable bonds is 2. The van der Waals surface area contributed by atoms with Crippen molar-refractivity contribution in [2.24, 2.45) is 0 Å². The van der Waals surface area contributed by atoms with Gasteiger partial charge in [0.2, 0.25) is 0 Å². The van der Waals surface area contributed by atoms with Gasteiger partial charge in [-0.05, 0) is 18.2 Å². The Balaban J connectivity index is 0.000000671. The van der Waals surface area contributed by atoms with E-state index >= 15 is 0 Å². The summed E-state index contributed by atoms with van der Waals surface area (Å²) in [7, 11) is 3.23. The van der Waals surface area contributed by atoms with Crippen molar-refractivity contribution in [1.82, 2.24) is 0 Å². The highest BCUT2D eigenvalue weighted by Gasteiger charge is 2.01. The summed E-state index contributed by atoms with van der Waals surface area (Å²) in [6, 6.07) is 5.61. The van der Waals surface area contributed by atoms with Gasteiger partial charge in [0.25, 0.3) is 0 Å². The van der Waals surface area contributed by atoms with Crippen LogP contribution in [0.5, 0.6) is 11.5 Å². The van der Waals surface area contributed by atoms with E-state index in [0.29, 0.717) is 0 Å². The van der Waals surface area contributed by atoms with Gasteiger partial charge in [0.1, 0.15) is 0 Å². The Hall–Kier alpha value is -0.700. The number of halogens is 1. The van der Waals surface area contributed by atoms with Crippen LogP contribution in [-0.2, 0) is 0 Å². The first kappa shape index (κ1) is 12.3. The van der Waals surface area contributed by atoms with Crippen molar-refractivity contribution in [1.29, 1.82) is 0 Å². The third kappa shape index (κ3) is 3.68. The van der Waals surface area contributed by atoms with Crippen molar-refractivity contribution in [3.05, 3.63) is 22.7 Å². The SMILES string of the molecule is CC.COc1ccc(Br)cc1OC. The third-order valence-electron chi connectivity index (χ3n) is 1.35. The topological polar surface area (TPSA) is 18.5 Å². The van der Waals surface area contributed by atoms with E-state index in [4.69, 9.17) is 9.47 Å². The van der Waals surface area contributed by atoms with E-state index in [1.54, 1.807) is 14.2 Å². The molecular formula is C10H15BrO2. The average molecular weight is 247 g/mol. The molecule has 1 rings (SSSR count). The number of hydrogen-bond acceptors (Lipinski definition) is 2. The van der Waals surface area contributed by atoms with E-state index < -0.39 is 0 Å². The zero-order valence-electron chi connectivity index (χ0n) is 8.43. The molecule has 3 heteroatoms. The molecule has 0 spiro atoms. The van der Waals surface area contributed by atoms with E-state index in [-0.39, 0.29) is 0 Å². The standard InChI is InChI=1S/C8H9BrO2.C2H6/c1-10-7-4-3-6(9)5-8(7)11-2;1-2/h3-5H,1-2H3;1-2H3. The molecule has 0 aliphatic heterocycles. The fourth-order valence-electron chi connectivity index (χ4n) is 0.810. The summed E-state index contributed by atoms with van der Waals surface area (Å²) < 4.78 is 11.1. The molecule has 0 fully saturated rings. The van der Waals surface area contributed by atoms with E-state index in [1.807, 2.05) is 32.0 Å². The first-order valence-corrected chi connectivity index (χ1v) is 4.94. The van der Waals surface area contributed by atoms with Crippen molar-refractivity contribution in [3.8, 4) is 11.5 Å².